The Bertz CT molecular complexity index is 505. The number of aldehydes is 1. The Hall–Kier alpha value is -1.93. The monoisotopic (exact) mass is 241 g/mol. The summed E-state index contributed by atoms with van der Waals surface area (Å²) in [5, 5.41) is 10.3. The minimum absolute atomic E-state index is 0.00502. The SMILES string of the molecule is O=CCC#Cc1cc(F)c([N+](=O)[O-])cc1Cl. The Morgan fingerprint density at radius 2 is 2.25 bits per heavy atom. The Kier molecular flexibility index (Phi) is 3.97. The fourth-order valence-corrected chi connectivity index (χ4v) is 1.17. The van der Waals surface area contributed by atoms with Gasteiger partial charge in [0, 0.05) is 11.6 Å². The van der Waals surface area contributed by atoms with Crippen molar-refractivity contribution in [1.82, 2.24) is 0 Å². The molecular formula is C10H5ClFNO3. The zero-order valence-electron chi connectivity index (χ0n) is 7.87. The van der Waals surface area contributed by atoms with Crippen LogP contribution in [-0.4, -0.2) is 11.2 Å². The molecular weight excluding hydrogens is 237 g/mol. The molecule has 0 atom stereocenters. The van der Waals surface area contributed by atoms with Crippen molar-refractivity contribution >= 4 is 23.6 Å². The average molecular weight is 242 g/mol. The fourth-order valence-electron chi connectivity index (χ4n) is 0.960. The molecule has 0 saturated heterocycles. The Morgan fingerprint density at radius 1 is 1.56 bits per heavy atom. The molecule has 0 aliphatic rings. The van der Waals surface area contributed by atoms with Crippen molar-refractivity contribution in [2.75, 3.05) is 0 Å². The fraction of sp³-hybridized carbons (Fsp3) is 0.100. The predicted octanol–water partition coefficient (Wildman–Crippen LogP) is 2.33. The molecule has 0 unspecified atom stereocenters. The smallest absolute Gasteiger partial charge is 0.302 e. The van der Waals surface area contributed by atoms with E-state index in [4.69, 9.17) is 11.6 Å². The second kappa shape index (κ2) is 5.24. The van der Waals surface area contributed by atoms with E-state index in [1.54, 1.807) is 0 Å². The molecule has 0 spiro atoms. The largest absolute Gasteiger partial charge is 0.306 e. The molecule has 16 heavy (non-hydrogen) atoms. The lowest BCUT2D eigenvalue weighted by Gasteiger charge is -1.97. The van der Waals surface area contributed by atoms with Gasteiger partial charge in [-0.25, -0.2) is 0 Å². The summed E-state index contributed by atoms with van der Waals surface area (Å²) in [6, 6.07) is 1.76. The lowest BCUT2D eigenvalue weighted by atomic mass is 10.2. The van der Waals surface area contributed by atoms with Crippen LogP contribution in [0.25, 0.3) is 0 Å². The third-order valence-electron chi connectivity index (χ3n) is 1.64. The number of rotatable bonds is 2. The molecule has 0 heterocycles. The van der Waals surface area contributed by atoms with Gasteiger partial charge in [0.15, 0.2) is 0 Å². The predicted molar refractivity (Wildman–Crippen MR) is 55.6 cm³/mol. The molecule has 1 rings (SSSR count). The van der Waals surface area contributed by atoms with Gasteiger partial charge in [0.2, 0.25) is 5.82 Å². The van der Waals surface area contributed by atoms with E-state index in [1.807, 2.05) is 0 Å². The molecule has 0 aromatic heterocycles. The van der Waals surface area contributed by atoms with E-state index < -0.39 is 16.4 Å². The Morgan fingerprint density at radius 3 is 2.81 bits per heavy atom. The van der Waals surface area contributed by atoms with Crippen LogP contribution >= 0.6 is 11.6 Å². The highest BCUT2D eigenvalue weighted by Crippen LogP contribution is 2.25. The van der Waals surface area contributed by atoms with Gasteiger partial charge in [-0.2, -0.15) is 4.39 Å². The number of hydrogen-bond donors (Lipinski definition) is 0. The maximum absolute atomic E-state index is 13.2. The molecule has 0 aliphatic carbocycles. The maximum Gasteiger partial charge on any atom is 0.306 e. The number of nitro groups is 1. The van der Waals surface area contributed by atoms with Crippen LogP contribution in [-0.2, 0) is 4.79 Å². The van der Waals surface area contributed by atoms with Crippen LogP contribution in [0.3, 0.4) is 0 Å². The standard InChI is InChI=1S/C10H5ClFNO3/c11-8-6-10(13(15)16)9(12)5-7(8)3-1-2-4-14/h4-6H,2H2. The molecule has 0 N–H and O–H groups in total. The molecule has 1 aromatic rings. The van der Waals surface area contributed by atoms with Crippen molar-refractivity contribution in [3.8, 4) is 11.8 Å². The molecule has 0 aliphatic heterocycles. The van der Waals surface area contributed by atoms with E-state index in [0.717, 1.165) is 12.1 Å². The molecule has 6 heteroatoms. The zero-order valence-corrected chi connectivity index (χ0v) is 8.62. The first-order valence-corrected chi connectivity index (χ1v) is 4.50. The maximum atomic E-state index is 13.2. The van der Waals surface area contributed by atoms with Gasteiger partial charge in [0.25, 0.3) is 0 Å². The highest BCUT2D eigenvalue weighted by atomic mass is 35.5. The first-order chi connectivity index (χ1) is 7.56. The van der Waals surface area contributed by atoms with Crippen LogP contribution in [0.4, 0.5) is 10.1 Å². The van der Waals surface area contributed by atoms with Gasteiger partial charge >= 0.3 is 5.69 Å². The van der Waals surface area contributed by atoms with Crippen molar-refractivity contribution < 1.29 is 14.1 Å². The molecule has 0 amide bonds. The summed E-state index contributed by atoms with van der Waals surface area (Å²) in [6.07, 6.45) is 0.581. The number of halogens is 2. The van der Waals surface area contributed by atoms with Gasteiger partial charge in [0.1, 0.15) is 6.29 Å². The van der Waals surface area contributed by atoms with E-state index in [0.29, 0.717) is 6.29 Å². The molecule has 0 bridgehead atoms. The third-order valence-corrected chi connectivity index (χ3v) is 1.95. The number of nitro benzene ring substituents is 1. The van der Waals surface area contributed by atoms with Crippen molar-refractivity contribution in [1.29, 1.82) is 0 Å². The Labute approximate surface area is 95.2 Å². The van der Waals surface area contributed by atoms with E-state index >= 15 is 0 Å². The first-order valence-electron chi connectivity index (χ1n) is 4.12. The van der Waals surface area contributed by atoms with E-state index in [2.05, 4.69) is 11.8 Å². The topological polar surface area (TPSA) is 60.2 Å². The van der Waals surface area contributed by atoms with Gasteiger partial charge < -0.3 is 4.79 Å². The zero-order chi connectivity index (χ0) is 12.1. The van der Waals surface area contributed by atoms with E-state index in [-0.39, 0.29) is 17.0 Å². The lowest BCUT2D eigenvalue weighted by molar-refractivity contribution is -0.387. The summed E-state index contributed by atoms with van der Waals surface area (Å²) in [5.41, 5.74) is -0.586. The summed E-state index contributed by atoms with van der Waals surface area (Å²) in [4.78, 5) is 19.5. The van der Waals surface area contributed by atoms with Crippen LogP contribution in [0, 0.1) is 27.8 Å². The minimum atomic E-state index is -1.01. The minimum Gasteiger partial charge on any atom is -0.302 e. The van der Waals surface area contributed by atoms with Crippen molar-refractivity contribution in [2.24, 2.45) is 0 Å². The third kappa shape index (κ3) is 2.78. The Balaban J connectivity index is 3.17. The highest BCUT2D eigenvalue weighted by Gasteiger charge is 2.16. The van der Waals surface area contributed by atoms with Crippen LogP contribution in [0.15, 0.2) is 12.1 Å². The van der Waals surface area contributed by atoms with Crippen LogP contribution in [0.2, 0.25) is 5.02 Å². The summed E-state index contributed by atoms with van der Waals surface area (Å²) < 4.78 is 13.2. The van der Waals surface area contributed by atoms with Gasteiger partial charge in [-0.1, -0.05) is 23.4 Å². The number of hydrogen-bond acceptors (Lipinski definition) is 3. The second-order valence-corrected chi connectivity index (χ2v) is 3.12. The number of nitrogens with zero attached hydrogens (tertiary/aromatic N) is 1. The van der Waals surface area contributed by atoms with Gasteiger partial charge in [-0.15, -0.1) is 0 Å². The molecule has 1 aromatic carbocycles. The summed E-state index contributed by atoms with van der Waals surface area (Å²) in [5.74, 6) is 3.86. The van der Waals surface area contributed by atoms with E-state index in [1.165, 1.54) is 0 Å². The molecule has 0 saturated carbocycles. The van der Waals surface area contributed by atoms with Gasteiger partial charge in [-0.3, -0.25) is 10.1 Å². The van der Waals surface area contributed by atoms with Crippen LogP contribution in [0.1, 0.15) is 12.0 Å². The highest BCUT2D eigenvalue weighted by molar-refractivity contribution is 6.32. The van der Waals surface area contributed by atoms with Gasteiger partial charge in [-0.05, 0) is 6.07 Å². The van der Waals surface area contributed by atoms with Crippen molar-refractivity contribution in [3.63, 3.8) is 0 Å². The van der Waals surface area contributed by atoms with Crippen molar-refractivity contribution in [2.45, 2.75) is 6.42 Å². The second-order valence-electron chi connectivity index (χ2n) is 2.71. The van der Waals surface area contributed by atoms with Crippen LogP contribution < -0.4 is 0 Å². The lowest BCUT2D eigenvalue weighted by Crippen LogP contribution is -1.93. The van der Waals surface area contributed by atoms with E-state index in [9.17, 15) is 19.3 Å². The number of benzene rings is 1. The van der Waals surface area contributed by atoms with Gasteiger partial charge in [0.05, 0.1) is 16.4 Å². The normalized spacial score (nSPS) is 9.12. The molecule has 0 fully saturated rings. The summed E-state index contributed by atoms with van der Waals surface area (Å²) in [7, 11) is 0. The molecule has 4 nitrogen and oxygen atoms in total. The average Bonchev–Trinajstić information content (AvgIpc) is 2.22. The molecule has 0 radical (unpaired) electrons. The number of carbonyl (C=O) groups is 1. The summed E-state index contributed by atoms with van der Waals surface area (Å²) in [6.45, 7) is 0. The summed E-state index contributed by atoms with van der Waals surface area (Å²) >= 11 is 5.66. The van der Waals surface area contributed by atoms with Crippen molar-refractivity contribution in [3.05, 3.63) is 38.7 Å². The first kappa shape index (κ1) is 12.1. The quantitative estimate of drug-likeness (QED) is 0.346. The van der Waals surface area contributed by atoms with Crippen LogP contribution in [0.5, 0.6) is 0 Å². The number of carbonyl (C=O) groups excluding carboxylic acids is 1. The molecule has 82 valence electrons.